The predicted molar refractivity (Wildman–Crippen MR) is 96.1 cm³/mol. The maximum Gasteiger partial charge on any atom is 0.325 e. The zero-order chi connectivity index (χ0) is 18.5. The SMILES string of the molecule is CCOC(=O)CNC(=O)N1CCCC1c1nc(-c2ccc(Br)cc2)no1. The van der Waals surface area contributed by atoms with E-state index in [1.165, 1.54) is 0 Å². The van der Waals surface area contributed by atoms with E-state index < -0.39 is 5.97 Å². The third-order valence-corrected chi connectivity index (χ3v) is 4.56. The van der Waals surface area contributed by atoms with Gasteiger partial charge in [-0.25, -0.2) is 4.79 Å². The second-order valence-corrected chi connectivity index (χ2v) is 6.69. The molecule has 1 atom stereocenters. The first-order chi connectivity index (χ1) is 12.6. The van der Waals surface area contributed by atoms with Crippen molar-refractivity contribution in [2.24, 2.45) is 0 Å². The molecule has 138 valence electrons. The van der Waals surface area contributed by atoms with E-state index in [1.54, 1.807) is 11.8 Å². The zero-order valence-electron chi connectivity index (χ0n) is 14.3. The van der Waals surface area contributed by atoms with Crippen LogP contribution in [0.4, 0.5) is 4.79 Å². The van der Waals surface area contributed by atoms with Gasteiger partial charge in [-0.05, 0) is 44.0 Å². The number of aromatic nitrogens is 2. The highest BCUT2D eigenvalue weighted by atomic mass is 79.9. The van der Waals surface area contributed by atoms with Crippen molar-refractivity contribution in [3.8, 4) is 11.4 Å². The first kappa shape index (κ1) is 18.4. The second-order valence-electron chi connectivity index (χ2n) is 5.78. The summed E-state index contributed by atoms with van der Waals surface area (Å²) in [7, 11) is 0. The fraction of sp³-hybridized carbons (Fsp3) is 0.412. The first-order valence-electron chi connectivity index (χ1n) is 8.38. The molecule has 1 aromatic carbocycles. The predicted octanol–water partition coefficient (Wildman–Crippen LogP) is 2.91. The summed E-state index contributed by atoms with van der Waals surface area (Å²) in [5, 5.41) is 6.59. The van der Waals surface area contributed by atoms with Crippen LogP contribution >= 0.6 is 15.9 Å². The molecule has 1 aliphatic rings. The lowest BCUT2D eigenvalue weighted by molar-refractivity contribution is -0.141. The number of urea groups is 1. The van der Waals surface area contributed by atoms with E-state index in [4.69, 9.17) is 9.26 Å². The number of nitrogens with one attached hydrogen (secondary N) is 1. The van der Waals surface area contributed by atoms with Gasteiger partial charge >= 0.3 is 12.0 Å². The maximum atomic E-state index is 12.4. The van der Waals surface area contributed by atoms with Crippen molar-refractivity contribution in [2.75, 3.05) is 19.7 Å². The Balaban J connectivity index is 1.67. The van der Waals surface area contributed by atoms with E-state index >= 15 is 0 Å². The van der Waals surface area contributed by atoms with Crippen molar-refractivity contribution in [1.29, 1.82) is 0 Å². The Morgan fingerprint density at radius 2 is 2.15 bits per heavy atom. The maximum absolute atomic E-state index is 12.4. The number of halogens is 1. The summed E-state index contributed by atoms with van der Waals surface area (Å²) in [5.41, 5.74) is 0.833. The number of carbonyl (C=O) groups excluding carboxylic acids is 2. The number of benzene rings is 1. The molecule has 1 fully saturated rings. The normalized spacial score (nSPS) is 16.5. The third-order valence-electron chi connectivity index (χ3n) is 4.03. The van der Waals surface area contributed by atoms with Crippen LogP contribution in [0.2, 0.25) is 0 Å². The molecule has 0 bridgehead atoms. The monoisotopic (exact) mass is 422 g/mol. The minimum atomic E-state index is -0.466. The quantitative estimate of drug-likeness (QED) is 0.743. The molecular formula is C17H19BrN4O4. The Bertz CT molecular complexity index is 777. The summed E-state index contributed by atoms with van der Waals surface area (Å²) in [5.74, 6) is 0.407. The largest absolute Gasteiger partial charge is 0.465 e. The summed E-state index contributed by atoms with van der Waals surface area (Å²) >= 11 is 3.39. The standard InChI is InChI=1S/C17H19BrN4O4/c1-2-25-14(23)10-19-17(24)22-9-3-4-13(22)16-20-15(21-26-16)11-5-7-12(18)8-6-11/h5-8,13H,2-4,9-10H2,1H3,(H,19,24). The topological polar surface area (TPSA) is 97.6 Å². The van der Waals surface area contributed by atoms with E-state index in [2.05, 4.69) is 31.4 Å². The molecule has 1 aromatic heterocycles. The van der Waals surface area contributed by atoms with Gasteiger partial charge in [-0.15, -0.1) is 0 Å². The molecule has 0 spiro atoms. The average Bonchev–Trinajstić information content (AvgIpc) is 3.29. The summed E-state index contributed by atoms with van der Waals surface area (Å²) in [6.07, 6.45) is 1.56. The fourth-order valence-corrected chi connectivity index (χ4v) is 3.08. The number of likely N-dealkylation sites (tertiary alicyclic amines) is 1. The highest BCUT2D eigenvalue weighted by Gasteiger charge is 2.34. The number of nitrogens with zero attached hydrogens (tertiary/aromatic N) is 3. The number of hydrogen-bond donors (Lipinski definition) is 1. The molecule has 1 aliphatic heterocycles. The molecule has 2 aromatic rings. The molecule has 1 N–H and O–H groups in total. The van der Waals surface area contributed by atoms with Crippen LogP contribution in [-0.4, -0.2) is 46.7 Å². The molecule has 26 heavy (non-hydrogen) atoms. The van der Waals surface area contributed by atoms with Gasteiger partial charge in [-0.3, -0.25) is 4.79 Å². The van der Waals surface area contributed by atoms with E-state index in [9.17, 15) is 9.59 Å². The minimum Gasteiger partial charge on any atom is -0.465 e. The lowest BCUT2D eigenvalue weighted by Crippen LogP contribution is -2.42. The Morgan fingerprint density at radius 3 is 2.88 bits per heavy atom. The Hall–Kier alpha value is -2.42. The van der Waals surface area contributed by atoms with Gasteiger partial charge in [0, 0.05) is 16.6 Å². The van der Waals surface area contributed by atoms with Crippen LogP contribution in [0, 0.1) is 0 Å². The van der Waals surface area contributed by atoms with Crippen LogP contribution in [0.5, 0.6) is 0 Å². The van der Waals surface area contributed by atoms with Gasteiger partial charge in [-0.2, -0.15) is 4.98 Å². The summed E-state index contributed by atoms with van der Waals surface area (Å²) in [6.45, 7) is 2.40. The van der Waals surface area contributed by atoms with Crippen LogP contribution in [-0.2, 0) is 9.53 Å². The van der Waals surface area contributed by atoms with Gasteiger partial charge in [0.2, 0.25) is 11.7 Å². The molecule has 0 saturated carbocycles. The minimum absolute atomic E-state index is 0.163. The van der Waals surface area contributed by atoms with E-state index in [1.807, 2.05) is 24.3 Å². The van der Waals surface area contributed by atoms with E-state index in [-0.39, 0.29) is 25.2 Å². The highest BCUT2D eigenvalue weighted by molar-refractivity contribution is 9.10. The Morgan fingerprint density at radius 1 is 1.38 bits per heavy atom. The van der Waals surface area contributed by atoms with Crippen molar-refractivity contribution in [3.63, 3.8) is 0 Å². The molecule has 2 heterocycles. The molecular weight excluding hydrogens is 404 g/mol. The van der Waals surface area contributed by atoms with Crippen LogP contribution < -0.4 is 5.32 Å². The van der Waals surface area contributed by atoms with Crippen molar-refractivity contribution in [2.45, 2.75) is 25.8 Å². The van der Waals surface area contributed by atoms with Crippen molar-refractivity contribution in [1.82, 2.24) is 20.4 Å². The number of ether oxygens (including phenoxy) is 1. The number of rotatable bonds is 5. The highest BCUT2D eigenvalue weighted by Crippen LogP contribution is 2.32. The second kappa shape index (κ2) is 8.31. The van der Waals surface area contributed by atoms with E-state index in [0.717, 1.165) is 22.9 Å². The van der Waals surface area contributed by atoms with Crippen molar-refractivity contribution >= 4 is 27.9 Å². The Kier molecular flexibility index (Phi) is 5.87. The zero-order valence-corrected chi connectivity index (χ0v) is 15.9. The van der Waals surface area contributed by atoms with Crippen molar-refractivity contribution in [3.05, 3.63) is 34.6 Å². The summed E-state index contributed by atoms with van der Waals surface area (Å²) in [4.78, 5) is 29.8. The van der Waals surface area contributed by atoms with Gasteiger partial charge in [0.25, 0.3) is 0 Å². The lowest BCUT2D eigenvalue weighted by Gasteiger charge is -2.21. The van der Waals surface area contributed by atoms with Crippen LogP contribution in [0.15, 0.2) is 33.3 Å². The van der Waals surface area contributed by atoms with Gasteiger partial charge in [-0.1, -0.05) is 21.1 Å². The summed E-state index contributed by atoms with van der Waals surface area (Å²) < 4.78 is 11.2. The smallest absolute Gasteiger partial charge is 0.325 e. The molecule has 0 radical (unpaired) electrons. The molecule has 0 aliphatic carbocycles. The number of amides is 2. The number of carbonyl (C=O) groups is 2. The number of esters is 1. The van der Waals surface area contributed by atoms with Gasteiger partial charge in [0.05, 0.1) is 6.61 Å². The lowest BCUT2D eigenvalue weighted by atomic mass is 10.2. The Labute approximate surface area is 159 Å². The van der Waals surface area contributed by atoms with Crippen LogP contribution in [0.25, 0.3) is 11.4 Å². The fourth-order valence-electron chi connectivity index (χ4n) is 2.81. The molecule has 1 saturated heterocycles. The molecule has 9 heteroatoms. The van der Waals surface area contributed by atoms with E-state index in [0.29, 0.717) is 18.3 Å². The molecule has 8 nitrogen and oxygen atoms in total. The average molecular weight is 423 g/mol. The number of hydrogen-bond acceptors (Lipinski definition) is 6. The first-order valence-corrected chi connectivity index (χ1v) is 9.17. The summed E-state index contributed by atoms with van der Waals surface area (Å²) in [6, 6.07) is 6.93. The van der Waals surface area contributed by atoms with Crippen LogP contribution in [0.1, 0.15) is 31.7 Å². The molecule has 1 unspecified atom stereocenters. The van der Waals surface area contributed by atoms with Crippen LogP contribution in [0.3, 0.4) is 0 Å². The third kappa shape index (κ3) is 4.21. The van der Waals surface area contributed by atoms with Gasteiger partial charge in [0.15, 0.2) is 0 Å². The molecule has 3 rings (SSSR count). The van der Waals surface area contributed by atoms with Crippen molar-refractivity contribution < 1.29 is 18.8 Å². The van der Waals surface area contributed by atoms with Gasteiger partial charge < -0.3 is 19.5 Å². The van der Waals surface area contributed by atoms with Gasteiger partial charge in [0.1, 0.15) is 12.6 Å². The molecule has 2 amide bonds.